The average Bonchev–Trinajstić information content (AvgIpc) is 2.89. The molecule has 2 rings (SSSR count). The number of aryl methyl sites for hydroxylation is 1. The summed E-state index contributed by atoms with van der Waals surface area (Å²) in [4.78, 5) is 11.9. The molecule has 0 amide bonds. The molecule has 1 fully saturated rings. The minimum atomic E-state index is 0.0405. The summed E-state index contributed by atoms with van der Waals surface area (Å²) in [6, 6.07) is 2.55. The van der Waals surface area contributed by atoms with Crippen molar-refractivity contribution in [3.8, 4) is 0 Å². The van der Waals surface area contributed by atoms with Crippen molar-refractivity contribution in [3.63, 3.8) is 0 Å². The van der Waals surface area contributed by atoms with E-state index < -0.39 is 0 Å². The van der Waals surface area contributed by atoms with Gasteiger partial charge in [0.1, 0.15) is 0 Å². The van der Waals surface area contributed by atoms with Crippen LogP contribution < -0.4 is 0 Å². The Bertz CT molecular complexity index is 477. The summed E-state index contributed by atoms with van der Waals surface area (Å²) >= 11 is 5.70. The lowest BCUT2D eigenvalue weighted by Crippen LogP contribution is -2.18. The van der Waals surface area contributed by atoms with Crippen LogP contribution in [0.2, 0.25) is 0 Å². The highest BCUT2D eigenvalue weighted by Gasteiger charge is 2.34. The maximum Gasteiger partial charge on any atom is 0.179 e. The molecule has 0 aromatic carbocycles. The first-order chi connectivity index (χ1) is 9.01. The van der Waals surface area contributed by atoms with Crippen LogP contribution in [0.3, 0.4) is 0 Å². The molecule has 1 aromatic rings. The van der Waals surface area contributed by atoms with Crippen molar-refractivity contribution in [1.82, 2.24) is 4.57 Å². The van der Waals surface area contributed by atoms with Crippen molar-refractivity contribution >= 4 is 17.4 Å². The molecular weight excluding hydrogens is 258 g/mol. The Morgan fingerprint density at radius 1 is 1.42 bits per heavy atom. The van der Waals surface area contributed by atoms with Gasteiger partial charge >= 0.3 is 0 Å². The molecule has 0 N–H and O–H groups in total. The smallest absolute Gasteiger partial charge is 0.179 e. The van der Waals surface area contributed by atoms with E-state index in [1.165, 1.54) is 25.0 Å². The predicted octanol–water partition coefficient (Wildman–Crippen LogP) is 4.52. The van der Waals surface area contributed by atoms with Gasteiger partial charge in [-0.05, 0) is 44.6 Å². The molecule has 1 aliphatic rings. The second-order valence-electron chi connectivity index (χ2n) is 5.88. The molecular formula is C16H24ClNO. The van der Waals surface area contributed by atoms with E-state index in [9.17, 15) is 4.79 Å². The second-order valence-corrected chi connectivity index (χ2v) is 6.15. The number of halogens is 1. The van der Waals surface area contributed by atoms with Gasteiger partial charge in [0, 0.05) is 23.0 Å². The number of hydrogen-bond acceptors (Lipinski definition) is 1. The summed E-state index contributed by atoms with van der Waals surface area (Å²) < 4.78 is 2.38. The topological polar surface area (TPSA) is 22.0 Å². The van der Waals surface area contributed by atoms with Crippen LogP contribution >= 0.6 is 11.6 Å². The number of Topliss-reactive ketones (excluding diaryl/α,β-unsaturated/α-hetero) is 1. The SMILES string of the molecule is CCC1CCC(n2c(C)cc(C(=O)CCl)c2C)C1C. The van der Waals surface area contributed by atoms with Gasteiger partial charge < -0.3 is 4.57 Å². The number of carbonyl (C=O) groups is 1. The summed E-state index contributed by atoms with van der Waals surface area (Å²) in [7, 11) is 0. The van der Waals surface area contributed by atoms with Crippen LogP contribution in [-0.2, 0) is 0 Å². The van der Waals surface area contributed by atoms with Crippen molar-refractivity contribution in [2.24, 2.45) is 11.8 Å². The summed E-state index contributed by atoms with van der Waals surface area (Å²) in [6.07, 6.45) is 3.78. The molecule has 3 unspecified atom stereocenters. The van der Waals surface area contributed by atoms with Crippen LogP contribution in [-0.4, -0.2) is 16.2 Å². The van der Waals surface area contributed by atoms with E-state index in [1.54, 1.807) is 0 Å². The molecule has 3 atom stereocenters. The van der Waals surface area contributed by atoms with E-state index in [-0.39, 0.29) is 11.7 Å². The van der Waals surface area contributed by atoms with Crippen LogP contribution in [0, 0.1) is 25.7 Å². The van der Waals surface area contributed by atoms with Gasteiger partial charge in [0.05, 0.1) is 5.88 Å². The van der Waals surface area contributed by atoms with E-state index in [1.807, 2.05) is 6.07 Å². The number of rotatable bonds is 4. The first-order valence-electron chi connectivity index (χ1n) is 7.28. The maximum absolute atomic E-state index is 11.9. The molecule has 0 saturated heterocycles. The van der Waals surface area contributed by atoms with Gasteiger partial charge in [-0.25, -0.2) is 0 Å². The highest BCUT2D eigenvalue weighted by Crippen LogP contribution is 2.43. The highest BCUT2D eigenvalue weighted by molar-refractivity contribution is 6.30. The molecule has 1 aromatic heterocycles. The quantitative estimate of drug-likeness (QED) is 0.587. The zero-order valence-electron chi connectivity index (χ0n) is 12.4. The molecule has 1 aliphatic carbocycles. The lowest BCUT2D eigenvalue weighted by molar-refractivity contribution is 0.102. The van der Waals surface area contributed by atoms with E-state index >= 15 is 0 Å². The molecule has 0 aliphatic heterocycles. The van der Waals surface area contributed by atoms with Crippen LogP contribution in [0.15, 0.2) is 6.07 Å². The van der Waals surface area contributed by atoms with Crippen LogP contribution in [0.25, 0.3) is 0 Å². The number of carbonyl (C=O) groups excluding carboxylic acids is 1. The van der Waals surface area contributed by atoms with Gasteiger partial charge in [0.25, 0.3) is 0 Å². The van der Waals surface area contributed by atoms with E-state index in [4.69, 9.17) is 11.6 Å². The molecule has 3 heteroatoms. The zero-order chi connectivity index (χ0) is 14.2. The van der Waals surface area contributed by atoms with E-state index in [2.05, 4.69) is 32.3 Å². The normalized spacial score (nSPS) is 26.9. The van der Waals surface area contributed by atoms with Crippen molar-refractivity contribution in [3.05, 3.63) is 23.0 Å². The first-order valence-corrected chi connectivity index (χ1v) is 7.82. The minimum absolute atomic E-state index is 0.0405. The van der Waals surface area contributed by atoms with Gasteiger partial charge in [0.15, 0.2) is 5.78 Å². The van der Waals surface area contributed by atoms with Crippen LogP contribution in [0.4, 0.5) is 0 Å². The number of nitrogens with zero attached hydrogens (tertiary/aromatic N) is 1. The van der Waals surface area contributed by atoms with Crippen molar-refractivity contribution in [1.29, 1.82) is 0 Å². The summed E-state index contributed by atoms with van der Waals surface area (Å²) in [5.41, 5.74) is 3.09. The van der Waals surface area contributed by atoms with Crippen LogP contribution in [0.5, 0.6) is 0 Å². The van der Waals surface area contributed by atoms with Crippen molar-refractivity contribution in [2.45, 2.75) is 53.0 Å². The van der Waals surface area contributed by atoms with Crippen molar-refractivity contribution < 1.29 is 4.79 Å². The number of ketones is 1. The Labute approximate surface area is 121 Å². The maximum atomic E-state index is 11.9. The number of hydrogen-bond donors (Lipinski definition) is 0. The average molecular weight is 282 g/mol. The third-order valence-electron chi connectivity index (χ3n) is 4.95. The van der Waals surface area contributed by atoms with Gasteiger partial charge in [-0.15, -0.1) is 11.6 Å². The molecule has 1 heterocycles. The zero-order valence-corrected chi connectivity index (χ0v) is 13.1. The fraction of sp³-hybridized carbons (Fsp3) is 0.688. The molecule has 106 valence electrons. The largest absolute Gasteiger partial charge is 0.345 e. The Morgan fingerprint density at radius 3 is 2.63 bits per heavy atom. The van der Waals surface area contributed by atoms with E-state index in [0.29, 0.717) is 12.0 Å². The lowest BCUT2D eigenvalue weighted by atomic mass is 9.93. The summed E-state index contributed by atoms with van der Waals surface area (Å²) in [5.74, 6) is 1.62. The Hall–Kier alpha value is -0.760. The molecule has 2 nitrogen and oxygen atoms in total. The third-order valence-corrected chi connectivity index (χ3v) is 5.19. The fourth-order valence-corrected chi connectivity index (χ4v) is 3.95. The Balaban J connectivity index is 2.36. The minimum Gasteiger partial charge on any atom is -0.345 e. The number of aromatic nitrogens is 1. The molecule has 0 spiro atoms. The van der Waals surface area contributed by atoms with Gasteiger partial charge in [-0.2, -0.15) is 0 Å². The molecule has 0 radical (unpaired) electrons. The van der Waals surface area contributed by atoms with Gasteiger partial charge in [-0.3, -0.25) is 4.79 Å². The first kappa shape index (κ1) is 14.6. The fourth-order valence-electron chi connectivity index (χ4n) is 3.81. The Morgan fingerprint density at radius 2 is 2.11 bits per heavy atom. The predicted molar refractivity (Wildman–Crippen MR) is 80.2 cm³/mol. The lowest BCUT2D eigenvalue weighted by Gasteiger charge is -2.24. The van der Waals surface area contributed by atoms with E-state index in [0.717, 1.165) is 17.2 Å². The second kappa shape index (κ2) is 5.70. The van der Waals surface area contributed by atoms with Gasteiger partial charge in [-0.1, -0.05) is 20.3 Å². The van der Waals surface area contributed by atoms with Gasteiger partial charge in [0.2, 0.25) is 0 Å². The molecule has 19 heavy (non-hydrogen) atoms. The summed E-state index contributed by atoms with van der Waals surface area (Å²) in [6.45, 7) is 8.79. The molecule has 1 saturated carbocycles. The Kier molecular flexibility index (Phi) is 4.39. The van der Waals surface area contributed by atoms with Crippen molar-refractivity contribution in [2.75, 3.05) is 5.88 Å². The highest BCUT2D eigenvalue weighted by atomic mass is 35.5. The third kappa shape index (κ3) is 2.47. The van der Waals surface area contributed by atoms with Crippen LogP contribution in [0.1, 0.15) is 60.9 Å². The monoisotopic (exact) mass is 281 g/mol. The summed E-state index contributed by atoms with van der Waals surface area (Å²) in [5, 5.41) is 0. The molecule has 0 bridgehead atoms. The standard InChI is InChI=1S/C16H24ClNO/c1-5-13-6-7-15(11(13)3)18-10(2)8-14(12(18)4)16(19)9-17/h8,11,13,15H,5-7,9H2,1-4H3. The number of alkyl halides is 1.